The van der Waals surface area contributed by atoms with Gasteiger partial charge in [0.1, 0.15) is 6.04 Å². The molecule has 90 valence electrons. The van der Waals surface area contributed by atoms with Gasteiger partial charge in [-0.15, -0.1) is 0 Å². The zero-order valence-electron chi connectivity index (χ0n) is 9.85. The molecule has 1 saturated heterocycles. The number of rotatable bonds is 3. The summed E-state index contributed by atoms with van der Waals surface area (Å²) in [6.45, 7) is 2.81. The first-order valence-electron chi connectivity index (χ1n) is 5.85. The van der Waals surface area contributed by atoms with Crippen molar-refractivity contribution in [2.45, 2.75) is 19.4 Å². The molecule has 1 aromatic rings. The van der Waals surface area contributed by atoms with E-state index in [9.17, 15) is 9.59 Å². The first kappa shape index (κ1) is 11.6. The number of hydrogen-bond acceptors (Lipinski definition) is 2. The first-order valence-corrected chi connectivity index (χ1v) is 5.85. The van der Waals surface area contributed by atoms with Gasteiger partial charge in [-0.25, -0.2) is 0 Å². The highest BCUT2D eigenvalue weighted by Gasteiger charge is 2.32. The summed E-state index contributed by atoms with van der Waals surface area (Å²) in [5, 5.41) is 2.74. The molecule has 0 aliphatic carbocycles. The highest BCUT2D eigenvalue weighted by Crippen LogP contribution is 2.18. The molecule has 1 fully saturated rings. The summed E-state index contributed by atoms with van der Waals surface area (Å²) >= 11 is 0. The highest BCUT2D eigenvalue weighted by molar-refractivity contribution is 5.95. The van der Waals surface area contributed by atoms with Gasteiger partial charge < -0.3 is 10.2 Å². The van der Waals surface area contributed by atoms with Crippen molar-refractivity contribution in [3.8, 4) is 0 Å². The summed E-state index contributed by atoms with van der Waals surface area (Å²) in [6, 6.07) is 8.82. The number of carbonyl (C=O) groups excluding carboxylic acids is 2. The van der Waals surface area contributed by atoms with Crippen LogP contribution in [0, 0.1) is 0 Å². The van der Waals surface area contributed by atoms with Crippen LogP contribution in [0.3, 0.4) is 0 Å². The molecule has 4 heteroatoms. The van der Waals surface area contributed by atoms with E-state index in [4.69, 9.17) is 0 Å². The second-order valence-electron chi connectivity index (χ2n) is 4.17. The van der Waals surface area contributed by atoms with Crippen LogP contribution in [0.5, 0.6) is 0 Å². The molecule has 4 nitrogen and oxygen atoms in total. The molecule has 1 aliphatic heterocycles. The molecule has 0 aromatic heterocycles. The van der Waals surface area contributed by atoms with E-state index in [0.717, 1.165) is 12.0 Å². The van der Waals surface area contributed by atoms with Crippen molar-refractivity contribution in [1.29, 1.82) is 0 Å². The Labute approximate surface area is 101 Å². The third-order valence-corrected chi connectivity index (χ3v) is 2.82. The molecule has 2 rings (SSSR count). The number of nitrogens with zero attached hydrogens (tertiary/aromatic N) is 1. The number of piperazine rings is 1. The van der Waals surface area contributed by atoms with Crippen LogP contribution in [0.1, 0.15) is 24.9 Å². The van der Waals surface area contributed by atoms with E-state index in [1.54, 1.807) is 4.90 Å². The Morgan fingerprint density at radius 1 is 1.29 bits per heavy atom. The summed E-state index contributed by atoms with van der Waals surface area (Å²) < 4.78 is 0. The summed E-state index contributed by atoms with van der Waals surface area (Å²) in [5.74, 6) is -0.107. The van der Waals surface area contributed by atoms with E-state index in [2.05, 4.69) is 5.32 Å². The third kappa shape index (κ3) is 2.46. The monoisotopic (exact) mass is 232 g/mol. The molecule has 0 unspecified atom stereocenters. The van der Waals surface area contributed by atoms with Crippen LogP contribution in [0.4, 0.5) is 0 Å². The molecule has 1 atom stereocenters. The molecule has 1 aromatic carbocycles. The van der Waals surface area contributed by atoms with Crippen molar-refractivity contribution in [3.63, 3.8) is 0 Å². The lowest BCUT2D eigenvalue weighted by molar-refractivity contribution is -0.144. The normalized spacial score (nSPS) is 20.3. The van der Waals surface area contributed by atoms with Gasteiger partial charge in [-0.1, -0.05) is 37.3 Å². The quantitative estimate of drug-likeness (QED) is 0.848. The molecule has 1 aliphatic rings. The van der Waals surface area contributed by atoms with Gasteiger partial charge in [0.2, 0.25) is 11.8 Å². The molecule has 2 amide bonds. The third-order valence-electron chi connectivity index (χ3n) is 2.82. The predicted molar refractivity (Wildman–Crippen MR) is 64.2 cm³/mol. The Bertz CT molecular complexity index is 417. The lowest BCUT2D eigenvalue weighted by Gasteiger charge is -2.32. The largest absolute Gasteiger partial charge is 0.339 e. The van der Waals surface area contributed by atoms with Crippen LogP contribution in [-0.4, -0.2) is 29.8 Å². The molecular weight excluding hydrogens is 216 g/mol. The van der Waals surface area contributed by atoms with Crippen molar-refractivity contribution in [1.82, 2.24) is 10.2 Å². The van der Waals surface area contributed by atoms with Crippen LogP contribution in [0.2, 0.25) is 0 Å². The maximum absolute atomic E-state index is 12.2. The van der Waals surface area contributed by atoms with E-state index in [0.29, 0.717) is 6.54 Å². The van der Waals surface area contributed by atoms with Gasteiger partial charge in [-0.05, 0) is 12.0 Å². The summed E-state index contributed by atoms with van der Waals surface area (Å²) in [7, 11) is 0. The molecule has 0 bridgehead atoms. The van der Waals surface area contributed by atoms with Gasteiger partial charge >= 0.3 is 0 Å². The second-order valence-corrected chi connectivity index (χ2v) is 4.17. The summed E-state index contributed by atoms with van der Waals surface area (Å²) in [4.78, 5) is 25.4. The maximum Gasteiger partial charge on any atom is 0.250 e. The minimum Gasteiger partial charge on any atom is -0.339 e. The zero-order valence-corrected chi connectivity index (χ0v) is 9.85. The van der Waals surface area contributed by atoms with E-state index in [1.807, 2.05) is 37.3 Å². The van der Waals surface area contributed by atoms with E-state index in [1.165, 1.54) is 0 Å². The van der Waals surface area contributed by atoms with Crippen molar-refractivity contribution < 1.29 is 9.59 Å². The molecule has 0 spiro atoms. The Hall–Kier alpha value is -1.84. The van der Waals surface area contributed by atoms with Crippen molar-refractivity contribution in [3.05, 3.63) is 35.9 Å². The summed E-state index contributed by atoms with van der Waals surface area (Å²) in [5.41, 5.74) is 0.839. The van der Waals surface area contributed by atoms with Crippen molar-refractivity contribution in [2.75, 3.05) is 13.1 Å². The van der Waals surface area contributed by atoms with Gasteiger partial charge in [0, 0.05) is 6.54 Å². The van der Waals surface area contributed by atoms with E-state index in [-0.39, 0.29) is 18.4 Å². The predicted octanol–water partition coefficient (Wildman–Crippen LogP) is 1.10. The van der Waals surface area contributed by atoms with Gasteiger partial charge in [0.25, 0.3) is 0 Å². The minimum absolute atomic E-state index is 0.0161. The standard InChI is InChI=1S/C13H16N2O2/c1-2-8-15-9-11(16)14-12(13(15)17)10-6-4-3-5-7-10/h3-7,12H,2,8-9H2,1H3,(H,14,16)/t12-/m0/s1. The van der Waals surface area contributed by atoms with Gasteiger partial charge in [0.15, 0.2) is 0 Å². The second kappa shape index (κ2) is 4.99. The SMILES string of the molecule is CCCN1CC(=O)N[C@@H](c2ccccc2)C1=O. The molecule has 1 N–H and O–H groups in total. The molecule has 0 saturated carbocycles. The Balaban J connectivity index is 2.22. The van der Waals surface area contributed by atoms with Gasteiger partial charge in [-0.2, -0.15) is 0 Å². The number of nitrogens with one attached hydrogen (secondary N) is 1. The maximum atomic E-state index is 12.2. The van der Waals surface area contributed by atoms with Crippen LogP contribution < -0.4 is 5.32 Å². The Morgan fingerprint density at radius 3 is 2.65 bits per heavy atom. The Kier molecular flexibility index (Phi) is 3.42. The number of benzene rings is 1. The topological polar surface area (TPSA) is 49.4 Å². The van der Waals surface area contributed by atoms with Crippen LogP contribution >= 0.6 is 0 Å². The lowest BCUT2D eigenvalue weighted by atomic mass is 10.0. The fraction of sp³-hybridized carbons (Fsp3) is 0.385. The molecule has 0 radical (unpaired) electrons. The van der Waals surface area contributed by atoms with Crippen molar-refractivity contribution in [2.24, 2.45) is 0 Å². The number of hydrogen-bond donors (Lipinski definition) is 1. The lowest BCUT2D eigenvalue weighted by Crippen LogP contribution is -2.53. The van der Waals surface area contributed by atoms with E-state index >= 15 is 0 Å². The minimum atomic E-state index is -0.524. The van der Waals surface area contributed by atoms with Gasteiger partial charge in [0.05, 0.1) is 6.54 Å². The fourth-order valence-electron chi connectivity index (χ4n) is 2.03. The smallest absolute Gasteiger partial charge is 0.250 e. The van der Waals surface area contributed by atoms with E-state index < -0.39 is 6.04 Å². The average molecular weight is 232 g/mol. The molecular formula is C13H16N2O2. The van der Waals surface area contributed by atoms with Crippen LogP contribution in [0.25, 0.3) is 0 Å². The average Bonchev–Trinajstić information content (AvgIpc) is 2.35. The van der Waals surface area contributed by atoms with Crippen LogP contribution in [-0.2, 0) is 9.59 Å². The van der Waals surface area contributed by atoms with Crippen LogP contribution in [0.15, 0.2) is 30.3 Å². The number of carbonyl (C=O) groups is 2. The van der Waals surface area contributed by atoms with Crippen molar-refractivity contribution >= 4 is 11.8 Å². The summed E-state index contributed by atoms with van der Waals surface area (Å²) in [6.07, 6.45) is 0.862. The molecule has 17 heavy (non-hydrogen) atoms. The molecule has 1 heterocycles. The highest BCUT2D eigenvalue weighted by atomic mass is 16.2. The Morgan fingerprint density at radius 2 is 2.00 bits per heavy atom. The fourth-order valence-corrected chi connectivity index (χ4v) is 2.03. The zero-order chi connectivity index (χ0) is 12.3. The van der Waals surface area contributed by atoms with Gasteiger partial charge in [-0.3, -0.25) is 9.59 Å². The number of amides is 2. The first-order chi connectivity index (χ1) is 8.22.